The summed E-state index contributed by atoms with van der Waals surface area (Å²) in [6, 6.07) is 5.42. The lowest BCUT2D eigenvalue weighted by atomic mass is 10.1. The third-order valence-electron chi connectivity index (χ3n) is 2.40. The molecule has 2 rings (SSSR count). The first-order valence-corrected chi connectivity index (χ1v) is 5.29. The highest BCUT2D eigenvalue weighted by Gasteiger charge is 2.05. The molecule has 0 bridgehead atoms. The Hall–Kier alpha value is -2.01. The lowest BCUT2D eigenvalue weighted by molar-refractivity contribution is 0.0937. The highest BCUT2D eigenvalue weighted by Crippen LogP contribution is 2.13. The van der Waals surface area contributed by atoms with E-state index in [9.17, 15) is 4.79 Å². The summed E-state index contributed by atoms with van der Waals surface area (Å²) < 4.78 is 4.87. The minimum atomic E-state index is -0.110. The predicted octanol–water partition coefficient (Wildman–Crippen LogP) is 1.01. The minimum Gasteiger partial charge on any atom is -0.383 e. The first-order chi connectivity index (χ1) is 8.31. The zero-order valence-electron chi connectivity index (χ0n) is 9.51. The lowest BCUT2D eigenvalue weighted by Gasteiger charge is -2.05. The highest BCUT2D eigenvalue weighted by atomic mass is 16.5. The maximum Gasteiger partial charge on any atom is 0.251 e. The molecule has 0 radical (unpaired) electrons. The largest absolute Gasteiger partial charge is 0.383 e. The summed E-state index contributed by atoms with van der Waals surface area (Å²) in [6.07, 6.45) is 3.31. The van der Waals surface area contributed by atoms with Crippen LogP contribution in [0.3, 0.4) is 0 Å². The lowest BCUT2D eigenvalue weighted by Crippen LogP contribution is -2.26. The number of aromatic nitrogens is 2. The van der Waals surface area contributed by atoms with Gasteiger partial charge in [-0.05, 0) is 12.1 Å². The van der Waals surface area contributed by atoms with Crippen molar-refractivity contribution in [1.29, 1.82) is 0 Å². The van der Waals surface area contributed by atoms with E-state index in [4.69, 9.17) is 4.74 Å². The van der Waals surface area contributed by atoms with E-state index in [0.717, 1.165) is 10.8 Å². The molecular formula is C12H13N3O2. The Labute approximate surface area is 98.8 Å². The van der Waals surface area contributed by atoms with Crippen molar-refractivity contribution in [2.45, 2.75) is 0 Å². The molecule has 1 amide bonds. The molecule has 0 aliphatic carbocycles. The monoisotopic (exact) mass is 231 g/mol. The van der Waals surface area contributed by atoms with Crippen molar-refractivity contribution in [2.24, 2.45) is 0 Å². The zero-order valence-corrected chi connectivity index (χ0v) is 9.51. The van der Waals surface area contributed by atoms with Gasteiger partial charge in [-0.25, -0.2) is 0 Å². The Morgan fingerprint density at radius 2 is 2.06 bits per heavy atom. The van der Waals surface area contributed by atoms with E-state index in [1.54, 1.807) is 31.6 Å². The number of carbonyl (C=O) groups excluding carboxylic acids is 1. The molecule has 0 aliphatic heterocycles. The predicted molar refractivity (Wildman–Crippen MR) is 63.7 cm³/mol. The van der Waals surface area contributed by atoms with Gasteiger partial charge < -0.3 is 10.1 Å². The van der Waals surface area contributed by atoms with E-state index in [1.807, 2.05) is 6.07 Å². The topological polar surface area (TPSA) is 64.1 Å². The summed E-state index contributed by atoms with van der Waals surface area (Å²) in [6.45, 7) is 1.01. The summed E-state index contributed by atoms with van der Waals surface area (Å²) in [7, 11) is 1.60. The third-order valence-corrected chi connectivity index (χ3v) is 2.40. The molecule has 0 atom stereocenters. The average molecular weight is 231 g/mol. The number of benzene rings is 1. The number of rotatable bonds is 4. The first-order valence-electron chi connectivity index (χ1n) is 5.29. The van der Waals surface area contributed by atoms with Gasteiger partial charge in [-0.3, -0.25) is 4.79 Å². The number of hydrogen-bond donors (Lipinski definition) is 1. The van der Waals surface area contributed by atoms with E-state index >= 15 is 0 Å². The van der Waals surface area contributed by atoms with Crippen LogP contribution in [0.1, 0.15) is 10.4 Å². The van der Waals surface area contributed by atoms with E-state index in [1.165, 1.54) is 0 Å². The van der Waals surface area contributed by atoms with Crippen LogP contribution < -0.4 is 5.32 Å². The van der Waals surface area contributed by atoms with Crippen LogP contribution in [0.5, 0.6) is 0 Å². The Balaban J connectivity index is 2.15. The van der Waals surface area contributed by atoms with Crippen molar-refractivity contribution in [1.82, 2.24) is 15.5 Å². The first kappa shape index (κ1) is 11.5. The quantitative estimate of drug-likeness (QED) is 0.797. The van der Waals surface area contributed by atoms with Crippen molar-refractivity contribution in [3.8, 4) is 0 Å². The number of nitrogens with one attached hydrogen (secondary N) is 1. The molecule has 0 saturated heterocycles. The molecule has 17 heavy (non-hydrogen) atoms. The summed E-state index contributed by atoms with van der Waals surface area (Å²) in [5, 5.41) is 12.2. The molecule has 5 nitrogen and oxygen atoms in total. The van der Waals surface area contributed by atoms with Gasteiger partial charge in [-0.2, -0.15) is 10.2 Å². The second kappa shape index (κ2) is 5.36. The van der Waals surface area contributed by atoms with Gasteiger partial charge in [-0.1, -0.05) is 6.07 Å². The summed E-state index contributed by atoms with van der Waals surface area (Å²) in [5.74, 6) is -0.110. The van der Waals surface area contributed by atoms with Crippen LogP contribution in [-0.2, 0) is 4.74 Å². The normalized spacial score (nSPS) is 10.4. The van der Waals surface area contributed by atoms with Gasteiger partial charge in [0.15, 0.2) is 0 Å². The third kappa shape index (κ3) is 2.76. The fraction of sp³-hybridized carbons (Fsp3) is 0.250. The second-order valence-corrected chi connectivity index (χ2v) is 3.58. The smallest absolute Gasteiger partial charge is 0.251 e. The molecule has 1 aromatic heterocycles. The molecule has 1 heterocycles. The van der Waals surface area contributed by atoms with Gasteiger partial charge in [0.05, 0.1) is 19.0 Å². The highest BCUT2D eigenvalue weighted by molar-refractivity contribution is 5.98. The Kier molecular flexibility index (Phi) is 3.62. The molecular weight excluding hydrogens is 218 g/mol. The van der Waals surface area contributed by atoms with Gasteiger partial charge >= 0.3 is 0 Å². The van der Waals surface area contributed by atoms with E-state index in [-0.39, 0.29) is 5.91 Å². The van der Waals surface area contributed by atoms with Crippen LogP contribution in [0.25, 0.3) is 10.8 Å². The van der Waals surface area contributed by atoms with Crippen molar-refractivity contribution >= 4 is 16.7 Å². The van der Waals surface area contributed by atoms with Gasteiger partial charge in [0.25, 0.3) is 5.91 Å². The maximum absolute atomic E-state index is 11.8. The summed E-state index contributed by atoms with van der Waals surface area (Å²) in [5.41, 5.74) is 0.613. The number of fused-ring (bicyclic) bond motifs is 1. The van der Waals surface area contributed by atoms with Crippen LogP contribution in [-0.4, -0.2) is 36.4 Å². The van der Waals surface area contributed by atoms with Crippen LogP contribution in [0.2, 0.25) is 0 Å². The average Bonchev–Trinajstić information content (AvgIpc) is 2.38. The Morgan fingerprint density at radius 1 is 1.29 bits per heavy atom. The van der Waals surface area contributed by atoms with Gasteiger partial charge in [0, 0.05) is 30.0 Å². The van der Waals surface area contributed by atoms with Crippen LogP contribution in [0.4, 0.5) is 0 Å². The number of nitrogens with zero attached hydrogens (tertiary/aromatic N) is 2. The van der Waals surface area contributed by atoms with E-state index in [2.05, 4.69) is 15.5 Å². The molecule has 5 heteroatoms. The van der Waals surface area contributed by atoms with Gasteiger partial charge in [0.1, 0.15) is 0 Å². The fourth-order valence-electron chi connectivity index (χ4n) is 1.51. The van der Waals surface area contributed by atoms with E-state index in [0.29, 0.717) is 18.7 Å². The molecule has 0 spiro atoms. The van der Waals surface area contributed by atoms with Crippen molar-refractivity contribution in [2.75, 3.05) is 20.3 Å². The second-order valence-electron chi connectivity index (χ2n) is 3.58. The number of amides is 1. The molecule has 0 saturated carbocycles. The fourth-order valence-corrected chi connectivity index (χ4v) is 1.51. The van der Waals surface area contributed by atoms with Crippen molar-refractivity contribution in [3.05, 3.63) is 36.2 Å². The molecule has 1 aromatic carbocycles. The van der Waals surface area contributed by atoms with Crippen LogP contribution in [0.15, 0.2) is 30.6 Å². The minimum absolute atomic E-state index is 0.110. The van der Waals surface area contributed by atoms with E-state index < -0.39 is 0 Å². The number of ether oxygens (including phenoxy) is 1. The Morgan fingerprint density at radius 3 is 2.82 bits per heavy atom. The molecule has 88 valence electrons. The van der Waals surface area contributed by atoms with Gasteiger partial charge in [0.2, 0.25) is 0 Å². The molecule has 0 fully saturated rings. The zero-order chi connectivity index (χ0) is 12.1. The number of carbonyl (C=O) groups is 1. The summed E-state index contributed by atoms with van der Waals surface area (Å²) >= 11 is 0. The molecule has 2 aromatic rings. The molecule has 0 aliphatic rings. The SMILES string of the molecule is COCCNC(=O)c1ccc2cnncc2c1. The summed E-state index contributed by atoms with van der Waals surface area (Å²) in [4.78, 5) is 11.8. The van der Waals surface area contributed by atoms with Crippen molar-refractivity contribution in [3.63, 3.8) is 0 Å². The Bertz CT molecular complexity index is 528. The van der Waals surface area contributed by atoms with Gasteiger partial charge in [-0.15, -0.1) is 0 Å². The molecule has 1 N–H and O–H groups in total. The number of hydrogen-bond acceptors (Lipinski definition) is 4. The van der Waals surface area contributed by atoms with Crippen LogP contribution in [0, 0.1) is 0 Å². The molecule has 0 unspecified atom stereocenters. The number of methoxy groups -OCH3 is 1. The van der Waals surface area contributed by atoms with Crippen molar-refractivity contribution < 1.29 is 9.53 Å². The standard InChI is InChI=1S/C12H13N3O2/c1-17-5-4-13-12(16)9-2-3-10-7-14-15-8-11(10)6-9/h2-3,6-8H,4-5H2,1H3,(H,13,16). The maximum atomic E-state index is 11.8. The van der Waals surface area contributed by atoms with Crippen LogP contribution >= 0.6 is 0 Å².